The minimum atomic E-state index is -0.607. The molecule has 0 aromatic heterocycles. The van der Waals surface area contributed by atoms with E-state index < -0.39 is 10.8 Å². The number of nitrogens with zero attached hydrogens (tertiary/aromatic N) is 1. The fraction of sp³-hybridized carbons (Fsp3) is 0.0476. The molecule has 0 unspecified atom stereocenters. The van der Waals surface area contributed by atoms with Crippen LogP contribution in [0.15, 0.2) is 78.9 Å². The molecule has 3 aromatic rings. The van der Waals surface area contributed by atoms with Crippen molar-refractivity contribution in [1.82, 2.24) is 0 Å². The summed E-state index contributed by atoms with van der Waals surface area (Å²) in [6.45, 7) is -0.147. The number of rotatable bonds is 7. The molecule has 0 saturated carbocycles. The average molecular weight is 376 g/mol. The number of Topliss-reactive ketones (excluding diaryl/α,β-unsaturated/α-hetero) is 1. The van der Waals surface area contributed by atoms with Crippen molar-refractivity contribution in [1.29, 1.82) is 0 Å². The van der Waals surface area contributed by atoms with Gasteiger partial charge >= 0.3 is 0 Å². The number of para-hydroxylation sites is 1. The molecule has 7 nitrogen and oxygen atoms in total. The van der Waals surface area contributed by atoms with Crippen molar-refractivity contribution in [3.63, 3.8) is 0 Å². The van der Waals surface area contributed by atoms with Gasteiger partial charge in [0.15, 0.2) is 12.4 Å². The van der Waals surface area contributed by atoms with Crippen LogP contribution in [0.2, 0.25) is 0 Å². The van der Waals surface area contributed by atoms with Gasteiger partial charge in [-0.25, -0.2) is 0 Å². The topological polar surface area (TPSA) is 98.5 Å². The Morgan fingerprint density at radius 3 is 2.39 bits per heavy atom. The van der Waals surface area contributed by atoms with Crippen LogP contribution in [0.25, 0.3) is 0 Å². The molecule has 0 atom stereocenters. The van der Waals surface area contributed by atoms with E-state index in [1.165, 1.54) is 18.2 Å². The van der Waals surface area contributed by atoms with E-state index >= 15 is 0 Å². The van der Waals surface area contributed by atoms with E-state index in [1.807, 2.05) is 6.07 Å². The lowest BCUT2D eigenvalue weighted by molar-refractivity contribution is -0.385. The second kappa shape index (κ2) is 8.59. The largest absolute Gasteiger partial charge is 0.485 e. The quantitative estimate of drug-likeness (QED) is 0.380. The smallest absolute Gasteiger partial charge is 0.282 e. The first-order valence-electron chi connectivity index (χ1n) is 8.40. The van der Waals surface area contributed by atoms with Crippen molar-refractivity contribution < 1.29 is 19.2 Å². The summed E-state index contributed by atoms with van der Waals surface area (Å²) in [6.07, 6.45) is 0. The molecule has 3 rings (SSSR count). The number of ketones is 1. The summed E-state index contributed by atoms with van der Waals surface area (Å²) in [6, 6.07) is 20.9. The second-order valence-electron chi connectivity index (χ2n) is 5.83. The summed E-state index contributed by atoms with van der Waals surface area (Å²) in [5, 5.41) is 13.7. The maximum atomic E-state index is 12.4. The third-order valence-corrected chi connectivity index (χ3v) is 3.90. The number of ether oxygens (including phenoxy) is 1. The van der Waals surface area contributed by atoms with Gasteiger partial charge in [-0.3, -0.25) is 19.7 Å². The molecule has 0 radical (unpaired) electrons. The normalized spacial score (nSPS) is 10.1. The molecule has 140 valence electrons. The molecule has 0 aliphatic heterocycles. The minimum Gasteiger partial charge on any atom is -0.485 e. The maximum Gasteiger partial charge on any atom is 0.282 e. The monoisotopic (exact) mass is 376 g/mol. The van der Waals surface area contributed by atoms with Gasteiger partial charge in [-0.15, -0.1) is 0 Å². The SMILES string of the molecule is O=C(COc1cccc(NC(=O)c2ccccc2[N+](=O)[O-])c1)c1ccccc1. The third kappa shape index (κ3) is 4.59. The Kier molecular flexibility index (Phi) is 5.76. The van der Waals surface area contributed by atoms with Crippen LogP contribution in [0.5, 0.6) is 5.75 Å². The van der Waals surface area contributed by atoms with Gasteiger partial charge in [-0.1, -0.05) is 48.5 Å². The molecule has 1 N–H and O–H groups in total. The Bertz CT molecular complexity index is 1020. The van der Waals surface area contributed by atoms with E-state index in [1.54, 1.807) is 54.6 Å². The van der Waals surface area contributed by atoms with Crippen LogP contribution in [0, 0.1) is 10.1 Å². The lowest BCUT2D eigenvalue weighted by Gasteiger charge is -2.09. The highest BCUT2D eigenvalue weighted by atomic mass is 16.6. The number of amides is 1. The summed E-state index contributed by atoms with van der Waals surface area (Å²) in [4.78, 5) is 35.0. The fourth-order valence-corrected chi connectivity index (χ4v) is 2.54. The van der Waals surface area contributed by atoms with Gasteiger partial charge < -0.3 is 10.1 Å². The van der Waals surface area contributed by atoms with Crippen molar-refractivity contribution in [3.8, 4) is 5.75 Å². The van der Waals surface area contributed by atoms with Gasteiger partial charge in [0.1, 0.15) is 11.3 Å². The minimum absolute atomic E-state index is 0.0434. The Morgan fingerprint density at radius 2 is 1.64 bits per heavy atom. The number of nitro benzene ring substituents is 1. The zero-order valence-corrected chi connectivity index (χ0v) is 14.7. The first kappa shape index (κ1) is 18.8. The zero-order chi connectivity index (χ0) is 19.9. The highest BCUT2D eigenvalue weighted by Crippen LogP contribution is 2.22. The van der Waals surface area contributed by atoms with Crippen molar-refractivity contribution in [2.45, 2.75) is 0 Å². The van der Waals surface area contributed by atoms with Crippen LogP contribution in [0.3, 0.4) is 0 Å². The van der Waals surface area contributed by atoms with Crippen molar-refractivity contribution in [2.24, 2.45) is 0 Å². The van der Waals surface area contributed by atoms with Crippen molar-refractivity contribution in [2.75, 3.05) is 11.9 Å². The van der Waals surface area contributed by atoms with E-state index in [2.05, 4.69) is 5.32 Å². The summed E-state index contributed by atoms with van der Waals surface area (Å²) in [5.74, 6) is -0.385. The van der Waals surface area contributed by atoms with Crippen LogP contribution in [-0.4, -0.2) is 23.2 Å². The van der Waals surface area contributed by atoms with E-state index in [9.17, 15) is 19.7 Å². The lowest BCUT2D eigenvalue weighted by atomic mass is 10.1. The van der Waals surface area contributed by atoms with Crippen LogP contribution in [0.4, 0.5) is 11.4 Å². The van der Waals surface area contributed by atoms with Crippen molar-refractivity contribution in [3.05, 3.63) is 100 Å². The van der Waals surface area contributed by atoms with Gasteiger partial charge in [0.2, 0.25) is 0 Å². The standard InChI is InChI=1S/C21H16N2O5/c24-20(15-7-2-1-3-8-15)14-28-17-10-6-9-16(13-17)22-21(25)18-11-4-5-12-19(18)23(26)27/h1-13H,14H2,(H,22,25). The molecule has 7 heteroatoms. The van der Waals surface area contributed by atoms with Gasteiger partial charge in [0.05, 0.1) is 4.92 Å². The van der Waals surface area contributed by atoms with Gasteiger partial charge in [-0.05, 0) is 18.2 Å². The number of nitrogens with one attached hydrogen (secondary N) is 1. The van der Waals surface area contributed by atoms with E-state index in [0.717, 1.165) is 0 Å². The number of hydrogen-bond donors (Lipinski definition) is 1. The Balaban J connectivity index is 1.67. The molecular weight excluding hydrogens is 360 g/mol. The number of carbonyl (C=O) groups excluding carboxylic acids is 2. The van der Waals surface area contributed by atoms with Crippen LogP contribution >= 0.6 is 0 Å². The molecule has 0 fully saturated rings. The van der Waals surface area contributed by atoms with Crippen LogP contribution in [0.1, 0.15) is 20.7 Å². The summed E-state index contributed by atoms with van der Waals surface area (Å²) in [5.41, 5.74) is 0.620. The second-order valence-corrected chi connectivity index (χ2v) is 5.83. The predicted octanol–water partition coefficient (Wildman–Crippen LogP) is 4.11. The lowest BCUT2D eigenvalue weighted by Crippen LogP contribution is -2.14. The third-order valence-electron chi connectivity index (χ3n) is 3.90. The van der Waals surface area contributed by atoms with E-state index in [4.69, 9.17) is 4.74 Å². The summed E-state index contributed by atoms with van der Waals surface area (Å²) < 4.78 is 5.50. The highest BCUT2D eigenvalue weighted by Gasteiger charge is 2.19. The van der Waals surface area contributed by atoms with Gasteiger partial charge in [0.25, 0.3) is 11.6 Å². The number of hydrogen-bond acceptors (Lipinski definition) is 5. The molecule has 0 aliphatic carbocycles. The molecule has 0 heterocycles. The van der Waals surface area contributed by atoms with E-state index in [0.29, 0.717) is 17.0 Å². The zero-order valence-electron chi connectivity index (χ0n) is 14.7. The number of nitro groups is 1. The first-order valence-corrected chi connectivity index (χ1v) is 8.40. The summed E-state index contributed by atoms with van der Waals surface area (Å²) >= 11 is 0. The Morgan fingerprint density at radius 1 is 0.929 bits per heavy atom. The molecule has 0 bridgehead atoms. The van der Waals surface area contributed by atoms with Crippen molar-refractivity contribution >= 4 is 23.1 Å². The Labute approximate surface area is 160 Å². The fourth-order valence-electron chi connectivity index (χ4n) is 2.54. The number of benzene rings is 3. The molecule has 0 spiro atoms. The molecule has 3 aromatic carbocycles. The van der Waals surface area contributed by atoms with Gasteiger partial charge in [0, 0.05) is 23.4 Å². The highest BCUT2D eigenvalue weighted by molar-refractivity contribution is 6.07. The number of anilines is 1. The predicted molar refractivity (Wildman–Crippen MR) is 104 cm³/mol. The average Bonchev–Trinajstić information content (AvgIpc) is 2.73. The summed E-state index contributed by atoms with van der Waals surface area (Å²) in [7, 11) is 0. The van der Waals surface area contributed by atoms with Gasteiger partial charge in [-0.2, -0.15) is 0 Å². The molecule has 28 heavy (non-hydrogen) atoms. The Hall–Kier alpha value is -4.00. The molecule has 0 saturated heterocycles. The number of carbonyl (C=O) groups is 2. The maximum absolute atomic E-state index is 12.4. The van der Waals surface area contributed by atoms with Crippen LogP contribution in [-0.2, 0) is 0 Å². The molecular formula is C21H16N2O5. The molecule has 0 aliphatic rings. The first-order chi connectivity index (χ1) is 13.5. The van der Waals surface area contributed by atoms with Crippen LogP contribution < -0.4 is 10.1 Å². The molecule has 1 amide bonds. The van der Waals surface area contributed by atoms with E-state index in [-0.39, 0.29) is 23.6 Å².